The normalized spacial score (nSPS) is 12.7. The first-order chi connectivity index (χ1) is 8.60. The predicted molar refractivity (Wildman–Crippen MR) is 72.8 cm³/mol. The monoisotopic (exact) mass is 311 g/mol. The van der Waals surface area contributed by atoms with Crippen molar-refractivity contribution in [2.75, 3.05) is 0 Å². The second-order valence-electron chi connectivity index (χ2n) is 4.20. The molecule has 1 aromatic heterocycles. The highest BCUT2D eigenvalue weighted by Gasteiger charge is 2.13. The van der Waals surface area contributed by atoms with Crippen molar-refractivity contribution >= 4 is 15.9 Å². The molecule has 0 aliphatic heterocycles. The number of benzene rings is 1. The first-order valence-electron chi connectivity index (χ1n) is 5.88. The van der Waals surface area contributed by atoms with E-state index in [2.05, 4.69) is 15.9 Å². The summed E-state index contributed by atoms with van der Waals surface area (Å²) in [4.78, 5) is 0. The number of halogens is 2. The molecule has 18 heavy (non-hydrogen) atoms. The van der Waals surface area contributed by atoms with Crippen molar-refractivity contribution in [3.63, 3.8) is 0 Å². The predicted octanol–water partition coefficient (Wildman–Crippen LogP) is 3.99. The van der Waals surface area contributed by atoms with Crippen molar-refractivity contribution < 1.29 is 8.81 Å². The van der Waals surface area contributed by atoms with Crippen molar-refractivity contribution in [1.29, 1.82) is 0 Å². The summed E-state index contributed by atoms with van der Waals surface area (Å²) in [6.45, 7) is 2.03. The Balaban J connectivity index is 2.15. The van der Waals surface area contributed by atoms with E-state index in [-0.39, 0.29) is 11.9 Å². The van der Waals surface area contributed by atoms with Crippen LogP contribution in [0.5, 0.6) is 0 Å². The van der Waals surface area contributed by atoms with Crippen LogP contribution in [-0.2, 0) is 12.8 Å². The fourth-order valence-electron chi connectivity index (χ4n) is 1.82. The Morgan fingerprint density at radius 1 is 1.33 bits per heavy atom. The van der Waals surface area contributed by atoms with Crippen LogP contribution in [0.1, 0.15) is 30.0 Å². The molecule has 96 valence electrons. The number of aryl methyl sites for hydroxylation is 1. The molecule has 1 aromatic carbocycles. The van der Waals surface area contributed by atoms with E-state index in [1.165, 1.54) is 12.1 Å². The fourth-order valence-corrected chi connectivity index (χ4v) is 2.23. The van der Waals surface area contributed by atoms with Crippen LogP contribution in [0.15, 0.2) is 39.2 Å². The summed E-state index contributed by atoms with van der Waals surface area (Å²) in [6, 6.07) is 8.15. The summed E-state index contributed by atoms with van der Waals surface area (Å²) in [5, 5.41) is 0. The van der Waals surface area contributed by atoms with Crippen LogP contribution in [0, 0.1) is 5.82 Å². The summed E-state index contributed by atoms with van der Waals surface area (Å²) in [5.74, 6) is 1.40. The van der Waals surface area contributed by atoms with Crippen molar-refractivity contribution in [2.45, 2.75) is 25.8 Å². The van der Waals surface area contributed by atoms with E-state index in [1.54, 1.807) is 6.07 Å². The molecule has 0 aliphatic rings. The molecule has 0 spiro atoms. The van der Waals surface area contributed by atoms with Crippen molar-refractivity contribution in [2.24, 2.45) is 5.73 Å². The third-order valence-corrected chi connectivity index (χ3v) is 3.62. The lowest BCUT2D eigenvalue weighted by molar-refractivity contribution is 0.434. The van der Waals surface area contributed by atoms with Crippen LogP contribution in [0.2, 0.25) is 0 Å². The number of hydrogen-bond donors (Lipinski definition) is 1. The maximum absolute atomic E-state index is 13.2. The fraction of sp³-hybridized carbons (Fsp3) is 0.286. The Bertz CT molecular complexity index is 538. The Kier molecular flexibility index (Phi) is 4.19. The molecule has 0 aliphatic carbocycles. The van der Waals surface area contributed by atoms with Crippen LogP contribution in [0.3, 0.4) is 0 Å². The molecule has 4 heteroatoms. The van der Waals surface area contributed by atoms with Crippen LogP contribution in [0.25, 0.3) is 0 Å². The van der Waals surface area contributed by atoms with Gasteiger partial charge in [0.2, 0.25) is 0 Å². The van der Waals surface area contributed by atoms with Gasteiger partial charge >= 0.3 is 0 Å². The van der Waals surface area contributed by atoms with E-state index in [9.17, 15) is 4.39 Å². The van der Waals surface area contributed by atoms with Gasteiger partial charge in [0.15, 0.2) is 0 Å². The van der Waals surface area contributed by atoms with Crippen molar-refractivity contribution in [1.82, 2.24) is 0 Å². The minimum absolute atomic E-state index is 0.255. The van der Waals surface area contributed by atoms with Crippen LogP contribution in [-0.4, -0.2) is 0 Å². The third kappa shape index (κ3) is 3.00. The lowest BCUT2D eigenvalue weighted by atomic mass is 10.0. The molecule has 2 nitrogen and oxygen atoms in total. The molecule has 2 aromatic rings. The maximum Gasteiger partial charge on any atom is 0.123 e. The SMILES string of the molecule is CCc1ccc(C(N)Cc2cc(F)ccc2Br)o1. The van der Waals surface area contributed by atoms with Crippen LogP contribution in [0.4, 0.5) is 4.39 Å². The summed E-state index contributed by atoms with van der Waals surface area (Å²) < 4.78 is 19.6. The van der Waals surface area contributed by atoms with E-state index in [0.717, 1.165) is 28.0 Å². The largest absolute Gasteiger partial charge is 0.464 e. The van der Waals surface area contributed by atoms with Gasteiger partial charge in [-0.05, 0) is 42.3 Å². The smallest absolute Gasteiger partial charge is 0.123 e. The minimum Gasteiger partial charge on any atom is -0.464 e. The average Bonchev–Trinajstić information content (AvgIpc) is 2.82. The Morgan fingerprint density at radius 3 is 2.78 bits per heavy atom. The molecule has 0 amide bonds. The van der Waals surface area contributed by atoms with E-state index in [4.69, 9.17) is 10.2 Å². The van der Waals surface area contributed by atoms with Gasteiger partial charge in [0.25, 0.3) is 0 Å². The lowest BCUT2D eigenvalue weighted by Gasteiger charge is -2.10. The topological polar surface area (TPSA) is 39.2 Å². The Morgan fingerprint density at radius 2 is 2.11 bits per heavy atom. The zero-order valence-corrected chi connectivity index (χ0v) is 11.7. The molecule has 0 bridgehead atoms. The van der Waals surface area contributed by atoms with E-state index >= 15 is 0 Å². The van der Waals surface area contributed by atoms with Gasteiger partial charge in [-0.1, -0.05) is 22.9 Å². The summed E-state index contributed by atoms with van der Waals surface area (Å²) in [6.07, 6.45) is 1.38. The van der Waals surface area contributed by atoms with E-state index < -0.39 is 0 Å². The number of furan rings is 1. The van der Waals surface area contributed by atoms with Gasteiger partial charge in [0.05, 0.1) is 6.04 Å². The highest BCUT2D eigenvalue weighted by atomic mass is 79.9. The highest BCUT2D eigenvalue weighted by molar-refractivity contribution is 9.10. The second kappa shape index (κ2) is 5.67. The number of nitrogens with two attached hydrogens (primary N) is 1. The first kappa shape index (κ1) is 13.3. The number of hydrogen-bond acceptors (Lipinski definition) is 2. The summed E-state index contributed by atoms with van der Waals surface area (Å²) in [5.41, 5.74) is 6.92. The molecule has 0 fully saturated rings. The Hall–Kier alpha value is -1.13. The molecule has 0 saturated carbocycles. The quantitative estimate of drug-likeness (QED) is 0.927. The van der Waals surface area contributed by atoms with E-state index in [1.807, 2.05) is 19.1 Å². The molecule has 0 saturated heterocycles. The average molecular weight is 312 g/mol. The van der Waals surface area contributed by atoms with Crippen LogP contribution >= 0.6 is 15.9 Å². The number of rotatable bonds is 4. The van der Waals surface area contributed by atoms with Gasteiger partial charge in [0, 0.05) is 10.9 Å². The minimum atomic E-state index is -0.261. The van der Waals surface area contributed by atoms with Gasteiger partial charge in [-0.3, -0.25) is 0 Å². The van der Waals surface area contributed by atoms with Gasteiger partial charge in [0.1, 0.15) is 17.3 Å². The lowest BCUT2D eigenvalue weighted by Crippen LogP contribution is -2.13. The van der Waals surface area contributed by atoms with Gasteiger partial charge in [-0.15, -0.1) is 0 Å². The molecular weight excluding hydrogens is 297 g/mol. The second-order valence-corrected chi connectivity index (χ2v) is 5.06. The molecule has 2 N–H and O–H groups in total. The molecule has 1 heterocycles. The zero-order valence-electron chi connectivity index (χ0n) is 10.1. The molecule has 0 radical (unpaired) electrons. The van der Waals surface area contributed by atoms with Crippen molar-refractivity contribution in [3.8, 4) is 0 Å². The molecule has 1 atom stereocenters. The summed E-state index contributed by atoms with van der Waals surface area (Å²) in [7, 11) is 0. The standard InChI is InChI=1S/C14H15BrFNO/c1-2-11-4-6-14(18-11)13(17)8-9-7-10(16)3-5-12(9)15/h3-7,13H,2,8,17H2,1H3. The molecule has 2 rings (SSSR count). The summed E-state index contributed by atoms with van der Waals surface area (Å²) >= 11 is 3.40. The van der Waals surface area contributed by atoms with Gasteiger partial charge in [-0.2, -0.15) is 0 Å². The van der Waals surface area contributed by atoms with Crippen LogP contribution < -0.4 is 5.73 Å². The molecular formula is C14H15BrFNO. The Labute approximate surface area is 114 Å². The van der Waals surface area contributed by atoms with Crippen molar-refractivity contribution in [3.05, 3.63) is 57.7 Å². The zero-order chi connectivity index (χ0) is 13.1. The molecule has 1 unspecified atom stereocenters. The third-order valence-electron chi connectivity index (χ3n) is 2.84. The first-order valence-corrected chi connectivity index (χ1v) is 6.67. The highest BCUT2D eigenvalue weighted by Crippen LogP contribution is 2.24. The van der Waals surface area contributed by atoms with Gasteiger partial charge < -0.3 is 10.2 Å². The maximum atomic E-state index is 13.2. The van der Waals surface area contributed by atoms with E-state index in [0.29, 0.717) is 6.42 Å². The van der Waals surface area contributed by atoms with Gasteiger partial charge in [-0.25, -0.2) is 4.39 Å².